The van der Waals surface area contributed by atoms with Crippen LogP contribution in [0.1, 0.15) is 38.7 Å². The lowest BCUT2D eigenvalue weighted by molar-refractivity contribution is 0.428. The summed E-state index contributed by atoms with van der Waals surface area (Å²) in [4.78, 5) is 2.47. The molecule has 1 aliphatic heterocycles. The molecule has 1 aromatic rings. The second-order valence-electron chi connectivity index (χ2n) is 5.73. The molecule has 94 valence electrons. The zero-order valence-electron chi connectivity index (χ0n) is 11.5. The van der Waals surface area contributed by atoms with Crippen molar-refractivity contribution >= 4 is 5.69 Å². The smallest absolute Gasteiger partial charge is 0.0367 e. The third kappa shape index (κ3) is 2.63. The minimum atomic E-state index is 0.275. The van der Waals surface area contributed by atoms with Crippen LogP contribution in [0, 0.1) is 0 Å². The average molecular weight is 232 g/mol. The molecule has 0 saturated carbocycles. The minimum Gasteiger partial charge on any atom is -0.370 e. The molecule has 1 saturated heterocycles. The quantitative estimate of drug-likeness (QED) is 0.862. The van der Waals surface area contributed by atoms with E-state index >= 15 is 0 Å². The summed E-state index contributed by atoms with van der Waals surface area (Å²) in [6, 6.07) is 9.04. The lowest BCUT2D eigenvalue weighted by Gasteiger charge is -2.25. The number of anilines is 1. The van der Waals surface area contributed by atoms with Crippen molar-refractivity contribution in [2.75, 3.05) is 25.0 Å². The number of rotatable bonds is 3. The molecule has 17 heavy (non-hydrogen) atoms. The van der Waals surface area contributed by atoms with Gasteiger partial charge >= 0.3 is 0 Å². The van der Waals surface area contributed by atoms with Crippen LogP contribution in [0.5, 0.6) is 0 Å². The fourth-order valence-corrected chi connectivity index (χ4v) is 2.46. The van der Waals surface area contributed by atoms with E-state index in [9.17, 15) is 0 Å². The van der Waals surface area contributed by atoms with Crippen molar-refractivity contribution in [2.24, 2.45) is 0 Å². The molecule has 1 atom stereocenters. The maximum absolute atomic E-state index is 3.43. The predicted octanol–water partition coefficient (Wildman–Crippen LogP) is 3.00. The second kappa shape index (κ2) is 4.69. The fourth-order valence-electron chi connectivity index (χ4n) is 2.46. The van der Waals surface area contributed by atoms with E-state index in [1.807, 2.05) is 0 Å². The van der Waals surface area contributed by atoms with E-state index < -0.39 is 0 Å². The van der Waals surface area contributed by atoms with Crippen LogP contribution in [0.4, 0.5) is 5.69 Å². The molecule has 1 aromatic carbocycles. The highest BCUT2D eigenvalue weighted by Crippen LogP contribution is 2.27. The van der Waals surface area contributed by atoms with Crippen LogP contribution in [-0.4, -0.2) is 25.7 Å². The standard InChI is InChI=1S/C15H24N2/c1-12(2)13-5-7-14(8-6-13)17-10-9-15(3,11-17)16-4/h5-8,12,16H,9-11H2,1-4H3. The Morgan fingerprint density at radius 3 is 2.35 bits per heavy atom. The summed E-state index contributed by atoms with van der Waals surface area (Å²) in [7, 11) is 2.06. The number of hydrogen-bond donors (Lipinski definition) is 1. The molecule has 0 radical (unpaired) electrons. The van der Waals surface area contributed by atoms with Crippen LogP contribution in [0.2, 0.25) is 0 Å². The van der Waals surface area contributed by atoms with Gasteiger partial charge in [-0.05, 0) is 44.0 Å². The Morgan fingerprint density at radius 2 is 1.88 bits per heavy atom. The van der Waals surface area contributed by atoms with Crippen LogP contribution in [0.3, 0.4) is 0 Å². The largest absolute Gasteiger partial charge is 0.370 e. The zero-order valence-corrected chi connectivity index (χ0v) is 11.5. The Labute approximate surface area is 105 Å². The monoisotopic (exact) mass is 232 g/mol. The van der Waals surface area contributed by atoms with Crippen LogP contribution in [-0.2, 0) is 0 Å². The van der Waals surface area contributed by atoms with E-state index in [4.69, 9.17) is 0 Å². The van der Waals surface area contributed by atoms with Gasteiger partial charge in [0.25, 0.3) is 0 Å². The molecule has 1 unspecified atom stereocenters. The van der Waals surface area contributed by atoms with Crippen molar-refractivity contribution in [1.29, 1.82) is 0 Å². The van der Waals surface area contributed by atoms with Gasteiger partial charge in [0, 0.05) is 24.3 Å². The van der Waals surface area contributed by atoms with Gasteiger partial charge in [-0.2, -0.15) is 0 Å². The van der Waals surface area contributed by atoms with Crippen molar-refractivity contribution in [3.8, 4) is 0 Å². The SMILES string of the molecule is CNC1(C)CCN(c2ccc(C(C)C)cc2)C1. The number of nitrogens with one attached hydrogen (secondary N) is 1. The normalized spacial score (nSPS) is 24.6. The van der Waals surface area contributed by atoms with E-state index in [1.165, 1.54) is 17.7 Å². The molecule has 0 aromatic heterocycles. The predicted molar refractivity (Wildman–Crippen MR) is 74.8 cm³/mol. The molecule has 0 amide bonds. The molecule has 1 aliphatic rings. The number of nitrogens with zero attached hydrogens (tertiary/aromatic N) is 1. The Kier molecular flexibility index (Phi) is 3.43. The van der Waals surface area contributed by atoms with E-state index in [2.05, 4.69) is 62.3 Å². The highest BCUT2D eigenvalue weighted by molar-refractivity contribution is 5.49. The molecule has 1 fully saturated rings. The molecular weight excluding hydrogens is 208 g/mol. The summed E-state index contributed by atoms with van der Waals surface area (Å²) in [6.07, 6.45) is 1.22. The molecule has 0 aliphatic carbocycles. The molecule has 2 heteroatoms. The lowest BCUT2D eigenvalue weighted by Crippen LogP contribution is -2.42. The van der Waals surface area contributed by atoms with Crippen LogP contribution in [0.25, 0.3) is 0 Å². The molecule has 0 bridgehead atoms. The maximum atomic E-state index is 3.43. The first-order valence-electron chi connectivity index (χ1n) is 6.58. The first-order chi connectivity index (χ1) is 8.04. The van der Waals surface area contributed by atoms with E-state index in [0.29, 0.717) is 5.92 Å². The van der Waals surface area contributed by atoms with Crippen molar-refractivity contribution < 1.29 is 0 Å². The maximum Gasteiger partial charge on any atom is 0.0367 e. The highest BCUT2D eigenvalue weighted by atomic mass is 15.2. The van der Waals surface area contributed by atoms with E-state index in [0.717, 1.165) is 13.1 Å². The lowest BCUT2D eigenvalue weighted by atomic mass is 10.0. The van der Waals surface area contributed by atoms with Crippen LogP contribution < -0.4 is 10.2 Å². The summed E-state index contributed by atoms with van der Waals surface area (Å²) in [6.45, 7) is 9.03. The van der Waals surface area contributed by atoms with Gasteiger partial charge in [-0.1, -0.05) is 26.0 Å². The number of likely N-dealkylation sites (N-methyl/N-ethyl adjacent to an activating group) is 1. The van der Waals surface area contributed by atoms with Gasteiger partial charge in [-0.3, -0.25) is 0 Å². The first-order valence-corrected chi connectivity index (χ1v) is 6.58. The van der Waals surface area contributed by atoms with Crippen molar-refractivity contribution in [3.05, 3.63) is 29.8 Å². The molecule has 0 spiro atoms. The van der Waals surface area contributed by atoms with Crippen LogP contribution >= 0.6 is 0 Å². The molecule has 2 nitrogen and oxygen atoms in total. The summed E-state index contributed by atoms with van der Waals surface area (Å²) in [5.41, 5.74) is 3.05. The van der Waals surface area contributed by atoms with Gasteiger partial charge in [0.1, 0.15) is 0 Å². The van der Waals surface area contributed by atoms with Gasteiger partial charge in [-0.15, -0.1) is 0 Å². The Balaban J connectivity index is 2.09. The van der Waals surface area contributed by atoms with Gasteiger partial charge in [0.15, 0.2) is 0 Å². The van der Waals surface area contributed by atoms with Crippen molar-refractivity contribution in [2.45, 2.75) is 38.6 Å². The average Bonchev–Trinajstić information content (AvgIpc) is 2.73. The van der Waals surface area contributed by atoms with E-state index in [-0.39, 0.29) is 5.54 Å². The van der Waals surface area contributed by atoms with Crippen LogP contribution in [0.15, 0.2) is 24.3 Å². The topological polar surface area (TPSA) is 15.3 Å². The second-order valence-corrected chi connectivity index (χ2v) is 5.73. The summed E-state index contributed by atoms with van der Waals surface area (Å²) >= 11 is 0. The first kappa shape index (κ1) is 12.4. The zero-order chi connectivity index (χ0) is 12.5. The van der Waals surface area contributed by atoms with Crippen molar-refractivity contribution in [1.82, 2.24) is 5.32 Å². The number of benzene rings is 1. The molecule has 1 heterocycles. The highest BCUT2D eigenvalue weighted by Gasteiger charge is 2.32. The summed E-state index contributed by atoms with van der Waals surface area (Å²) in [5, 5.41) is 3.43. The molecule has 1 N–H and O–H groups in total. The number of hydrogen-bond acceptors (Lipinski definition) is 2. The van der Waals surface area contributed by atoms with E-state index in [1.54, 1.807) is 0 Å². The van der Waals surface area contributed by atoms with Gasteiger partial charge in [0.2, 0.25) is 0 Å². The minimum absolute atomic E-state index is 0.275. The Morgan fingerprint density at radius 1 is 1.24 bits per heavy atom. The van der Waals surface area contributed by atoms with Crippen molar-refractivity contribution in [3.63, 3.8) is 0 Å². The molecular formula is C15H24N2. The molecule has 2 rings (SSSR count). The van der Waals surface area contributed by atoms with Gasteiger partial charge < -0.3 is 10.2 Å². The van der Waals surface area contributed by atoms with Gasteiger partial charge in [-0.25, -0.2) is 0 Å². The van der Waals surface area contributed by atoms with Gasteiger partial charge in [0.05, 0.1) is 0 Å². The Bertz CT molecular complexity index is 369. The fraction of sp³-hybridized carbons (Fsp3) is 0.600. The third-order valence-electron chi connectivity index (χ3n) is 4.00. The summed E-state index contributed by atoms with van der Waals surface area (Å²) in [5.74, 6) is 0.616. The third-order valence-corrected chi connectivity index (χ3v) is 4.00. The summed E-state index contributed by atoms with van der Waals surface area (Å²) < 4.78 is 0. The Hall–Kier alpha value is -1.02.